The highest BCUT2D eigenvalue weighted by Gasteiger charge is 2.53. The molecular formula is C38H42N2O3. The standard InChI is InChI=1S/C38H42N2O3/c1-6-7-8-11-19-40(24-25(2)3)29-17-18-32-36(22-29)42-35-21-27(5)34(39-28-14-12-13-26(4)20-28)23-33(35)38(32)31-16-10-9-15-30(31)37(41)43-38/h9-10,12-18,20-23,25,39H,6-8,11,19,24H2,1-5H3. The van der Waals surface area contributed by atoms with Gasteiger partial charge in [0.15, 0.2) is 5.60 Å². The molecular weight excluding hydrogens is 532 g/mol. The molecule has 1 spiro atoms. The summed E-state index contributed by atoms with van der Waals surface area (Å²) in [7, 11) is 0. The summed E-state index contributed by atoms with van der Waals surface area (Å²) in [5.41, 5.74) is 7.33. The maximum Gasteiger partial charge on any atom is 0.340 e. The van der Waals surface area contributed by atoms with Gasteiger partial charge in [-0.3, -0.25) is 0 Å². The van der Waals surface area contributed by atoms with Crippen LogP contribution in [0.2, 0.25) is 0 Å². The van der Waals surface area contributed by atoms with E-state index in [1.807, 2.05) is 30.3 Å². The Kier molecular flexibility index (Phi) is 7.91. The van der Waals surface area contributed by atoms with Gasteiger partial charge in [-0.05, 0) is 79.8 Å². The number of hydrogen-bond acceptors (Lipinski definition) is 5. The van der Waals surface area contributed by atoms with Crippen LogP contribution < -0.4 is 15.0 Å². The molecule has 0 saturated heterocycles. The van der Waals surface area contributed by atoms with E-state index in [-0.39, 0.29) is 5.97 Å². The highest BCUT2D eigenvalue weighted by Crippen LogP contribution is 2.57. The van der Waals surface area contributed by atoms with Crippen LogP contribution in [0.5, 0.6) is 11.5 Å². The lowest BCUT2D eigenvalue weighted by Gasteiger charge is -2.38. The van der Waals surface area contributed by atoms with Crippen molar-refractivity contribution in [2.24, 2.45) is 5.92 Å². The second-order valence-electron chi connectivity index (χ2n) is 12.5. The van der Waals surface area contributed by atoms with E-state index in [1.54, 1.807) is 0 Å². The average molecular weight is 575 g/mol. The summed E-state index contributed by atoms with van der Waals surface area (Å²) >= 11 is 0. The van der Waals surface area contributed by atoms with Crippen LogP contribution in [-0.2, 0) is 10.3 Å². The lowest BCUT2D eigenvalue weighted by atomic mass is 9.77. The van der Waals surface area contributed by atoms with Crippen molar-refractivity contribution in [3.05, 3.63) is 112 Å². The molecule has 0 aromatic heterocycles. The minimum absolute atomic E-state index is 0.315. The number of anilines is 3. The molecule has 6 rings (SSSR count). The highest BCUT2D eigenvalue weighted by atomic mass is 16.6. The zero-order valence-corrected chi connectivity index (χ0v) is 26.0. The van der Waals surface area contributed by atoms with Gasteiger partial charge in [-0.1, -0.05) is 70.4 Å². The molecule has 1 N–H and O–H groups in total. The SMILES string of the molecule is CCCCCCN(CC(C)C)c1ccc2c(c1)Oc1cc(C)c(Nc3cccc(C)c3)cc1C21OC(=O)c2ccccc21. The molecule has 1 atom stereocenters. The van der Waals surface area contributed by atoms with Crippen LogP contribution in [0, 0.1) is 19.8 Å². The van der Waals surface area contributed by atoms with E-state index < -0.39 is 5.60 Å². The molecule has 2 heterocycles. The summed E-state index contributed by atoms with van der Waals surface area (Å²) < 4.78 is 13.2. The van der Waals surface area contributed by atoms with E-state index in [1.165, 1.54) is 24.8 Å². The van der Waals surface area contributed by atoms with Crippen LogP contribution in [0.3, 0.4) is 0 Å². The Morgan fingerprint density at radius 1 is 0.837 bits per heavy atom. The molecule has 0 radical (unpaired) electrons. The quantitative estimate of drug-likeness (QED) is 0.151. The van der Waals surface area contributed by atoms with Gasteiger partial charge in [-0.15, -0.1) is 0 Å². The molecule has 2 aliphatic rings. The van der Waals surface area contributed by atoms with Crippen LogP contribution in [0.25, 0.3) is 0 Å². The minimum Gasteiger partial charge on any atom is -0.456 e. The van der Waals surface area contributed by atoms with Gasteiger partial charge in [0, 0.05) is 52.9 Å². The van der Waals surface area contributed by atoms with Gasteiger partial charge in [-0.25, -0.2) is 4.79 Å². The first-order valence-corrected chi connectivity index (χ1v) is 15.7. The molecule has 0 aliphatic carbocycles. The molecule has 4 aromatic carbocycles. The largest absolute Gasteiger partial charge is 0.456 e. The zero-order chi connectivity index (χ0) is 30.1. The van der Waals surface area contributed by atoms with Crippen LogP contribution in [0.1, 0.15) is 84.6 Å². The number of fused-ring (bicyclic) bond motifs is 6. The van der Waals surface area contributed by atoms with Crippen LogP contribution >= 0.6 is 0 Å². The van der Waals surface area contributed by atoms with Crippen LogP contribution in [0.15, 0.2) is 78.9 Å². The first kappa shape index (κ1) is 28.9. The van der Waals surface area contributed by atoms with E-state index >= 15 is 0 Å². The van der Waals surface area contributed by atoms with Crippen molar-refractivity contribution < 1.29 is 14.3 Å². The molecule has 0 fully saturated rings. The molecule has 0 saturated carbocycles. The minimum atomic E-state index is -1.10. The normalized spacial score (nSPS) is 16.4. The smallest absolute Gasteiger partial charge is 0.340 e. The molecule has 222 valence electrons. The number of ether oxygens (including phenoxy) is 2. The van der Waals surface area contributed by atoms with Crippen molar-refractivity contribution in [2.45, 2.75) is 65.9 Å². The Hall–Kier alpha value is -4.25. The number of aryl methyl sites for hydroxylation is 2. The molecule has 0 amide bonds. The molecule has 0 bridgehead atoms. The second-order valence-corrected chi connectivity index (χ2v) is 12.5. The van der Waals surface area contributed by atoms with Gasteiger partial charge in [-0.2, -0.15) is 0 Å². The summed E-state index contributed by atoms with van der Waals surface area (Å²) in [5.74, 6) is 1.65. The number of nitrogens with one attached hydrogen (secondary N) is 1. The molecule has 43 heavy (non-hydrogen) atoms. The number of nitrogens with zero attached hydrogens (tertiary/aromatic N) is 1. The molecule has 1 unspecified atom stereocenters. The van der Waals surface area contributed by atoms with E-state index in [0.29, 0.717) is 17.2 Å². The van der Waals surface area contributed by atoms with Crippen molar-refractivity contribution in [3.8, 4) is 11.5 Å². The third kappa shape index (κ3) is 5.37. The predicted octanol–water partition coefficient (Wildman–Crippen LogP) is 9.66. The van der Waals surface area contributed by atoms with E-state index in [0.717, 1.165) is 64.6 Å². The van der Waals surface area contributed by atoms with Gasteiger partial charge in [0.1, 0.15) is 11.5 Å². The average Bonchev–Trinajstić information content (AvgIpc) is 3.28. The first-order chi connectivity index (χ1) is 20.8. The molecule has 4 aromatic rings. The Morgan fingerprint density at radius 2 is 1.65 bits per heavy atom. The lowest BCUT2D eigenvalue weighted by Crippen LogP contribution is -2.34. The van der Waals surface area contributed by atoms with Crippen molar-refractivity contribution in [2.75, 3.05) is 23.3 Å². The number of rotatable bonds is 10. The van der Waals surface area contributed by atoms with E-state index in [9.17, 15) is 4.79 Å². The molecule has 5 nitrogen and oxygen atoms in total. The number of esters is 1. The Morgan fingerprint density at radius 3 is 2.44 bits per heavy atom. The summed E-state index contributed by atoms with van der Waals surface area (Å²) in [6, 6.07) is 26.6. The Labute approximate surface area is 255 Å². The summed E-state index contributed by atoms with van der Waals surface area (Å²) in [4.78, 5) is 15.9. The van der Waals surface area contributed by atoms with Gasteiger partial charge in [0.2, 0.25) is 0 Å². The fourth-order valence-electron chi connectivity index (χ4n) is 6.51. The van der Waals surface area contributed by atoms with Gasteiger partial charge in [0.05, 0.1) is 5.56 Å². The fraction of sp³-hybridized carbons (Fsp3) is 0.342. The second kappa shape index (κ2) is 11.8. The molecule has 2 aliphatic heterocycles. The number of hydrogen-bond donors (Lipinski definition) is 1. The topological polar surface area (TPSA) is 50.8 Å². The maximum absolute atomic E-state index is 13.4. The van der Waals surface area contributed by atoms with Gasteiger partial charge < -0.3 is 19.7 Å². The number of benzene rings is 4. The van der Waals surface area contributed by atoms with Crippen LogP contribution in [0.4, 0.5) is 17.1 Å². The summed E-state index contributed by atoms with van der Waals surface area (Å²) in [5, 5.41) is 3.60. The van der Waals surface area contributed by atoms with Crippen molar-refractivity contribution in [3.63, 3.8) is 0 Å². The van der Waals surface area contributed by atoms with Gasteiger partial charge in [0.25, 0.3) is 0 Å². The monoisotopic (exact) mass is 574 g/mol. The number of carbonyl (C=O) groups excluding carboxylic acids is 1. The third-order valence-corrected chi connectivity index (χ3v) is 8.57. The Balaban J connectivity index is 1.47. The van der Waals surface area contributed by atoms with E-state index in [2.05, 4.69) is 93.4 Å². The summed E-state index contributed by atoms with van der Waals surface area (Å²) in [6.45, 7) is 12.9. The zero-order valence-electron chi connectivity index (χ0n) is 26.0. The first-order valence-electron chi connectivity index (χ1n) is 15.7. The number of unbranched alkanes of at least 4 members (excludes halogenated alkanes) is 3. The molecule has 5 heteroatoms. The predicted molar refractivity (Wildman–Crippen MR) is 175 cm³/mol. The van der Waals surface area contributed by atoms with Crippen molar-refractivity contribution >= 4 is 23.0 Å². The highest BCUT2D eigenvalue weighted by molar-refractivity contribution is 5.97. The lowest BCUT2D eigenvalue weighted by molar-refractivity contribution is 0.0224. The number of carbonyl (C=O) groups is 1. The van der Waals surface area contributed by atoms with Crippen LogP contribution in [-0.4, -0.2) is 19.1 Å². The summed E-state index contributed by atoms with van der Waals surface area (Å²) in [6.07, 6.45) is 4.87. The van der Waals surface area contributed by atoms with Crippen molar-refractivity contribution in [1.29, 1.82) is 0 Å². The Bertz CT molecular complexity index is 1660. The fourth-order valence-corrected chi connectivity index (χ4v) is 6.51. The third-order valence-electron chi connectivity index (χ3n) is 8.57. The van der Waals surface area contributed by atoms with Gasteiger partial charge >= 0.3 is 5.97 Å². The van der Waals surface area contributed by atoms with Crippen molar-refractivity contribution in [1.82, 2.24) is 0 Å². The van der Waals surface area contributed by atoms with E-state index in [4.69, 9.17) is 9.47 Å². The maximum atomic E-state index is 13.4.